The molecule has 0 spiro atoms. The van der Waals surface area contributed by atoms with E-state index in [0.29, 0.717) is 36.8 Å². The Hall–Kier alpha value is -4.16. The Bertz CT molecular complexity index is 1300. The average Bonchev–Trinajstić information content (AvgIpc) is 3.24. The second-order valence-electron chi connectivity index (χ2n) is 10.6. The van der Waals surface area contributed by atoms with Gasteiger partial charge in [0, 0.05) is 61.9 Å². The second-order valence-corrected chi connectivity index (χ2v) is 10.6. The first-order valence-corrected chi connectivity index (χ1v) is 13.3. The van der Waals surface area contributed by atoms with Gasteiger partial charge in [-0.15, -0.1) is 12.8 Å². The second kappa shape index (κ2) is 13.5. The van der Waals surface area contributed by atoms with Crippen molar-refractivity contribution >= 4 is 29.2 Å². The SMILES string of the molecule is C#C.CC(=O)O.COC.C[C@H]1OC(=O)/C(=C/Nc2ccccc2)C2=C(O)C(=O)C3=C(CCC4(C)C(=O)CCC34)C21C. The Balaban J connectivity index is 0.000000582. The summed E-state index contributed by atoms with van der Waals surface area (Å²) < 4.78 is 10.00. The molecule has 1 aromatic carbocycles. The molecule has 9 heteroatoms. The van der Waals surface area contributed by atoms with Gasteiger partial charge in [-0.1, -0.05) is 25.1 Å². The minimum atomic E-state index is -0.835. The molecule has 220 valence electrons. The van der Waals surface area contributed by atoms with Crippen molar-refractivity contribution in [3.05, 3.63) is 64.6 Å². The topological polar surface area (TPSA) is 139 Å². The molecule has 1 heterocycles. The van der Waals surface area contributed by atoms with Crippen LogP contribution < -0.4 is 5.32 Å². The molecule has 9 nitrogen and oxygen atoms in total. The van der Waals surface area contributed by atoms with E-state index >= 15 is 0 Å². The van der Waals surface area contributed by atoms with E-state index in [9.17, 15) is 19.5 Å². The number of ketones is 2. The number of carboxylic acid groups (broad SMARTS) is 1. The number of methoxy groups -OCH3 is 1. The standard InChI is InChI=1S/C26H27NO5.C2H4O2.C2H6O.C2H2/c1-14-26(3)18-11-12-25(2)17(9-10-19(25)28)20(18)22(29)23(30)21(26)16(24(31)32-14)13-27-15-7-5-4-6-8-15;1-2(3)4;1-3-2;1-2/h4-8,13-14,17,27,30H,9-12H2,1-3H3;1H3,(H,3,4);1-2H3;1-2H/b16-13+;;;/t14-,17?,25?,26?;;;/m1.../s1. The fourth-order valence-electron chi connectivity index (χ4n) is 6.17. The molecule has 0 bridgehead atoms. The summed E-state index contributed by atoms with van der Waals surface area (Å²) in [7, 11) is 3.25. The Kier molecular flexibility index (Phi) is 10.9. The highest BCUT2D eigenvalue weighted by Crippen LogP contribution is 2.61. The molecule has 0 radical (unpaired) electrons. The lowest BCUT2D eigenvalue weighted by Crippen LogP contribution is -2.51. The van der Waals surface area contributed by atoms with E-state index in [1.165, 1.54) is 6.20 Å². The van der Waals surface area contributed by atoms with Crippen molar-refractivity contribution < 1.29 is 38.9 Å². The van der Waals surface area contributed by atoms with E-state index in [1.807, 2.05) is 44.2 Å². The maximum Gasteiger partial charge on any atom is 0.340 e. The van der Waals surface area contributed by atoms with Gasteiger partial charge in [-0.2, -0.15) is 0 Å². The highest BCUT2D eigenvalue weighted by atomic mass is 16.5. The van der Waals surface area contributed by atoms with Crippen LogP contribution in [-0.2, 0) is 28.7 Å². The van der Waals surface area contributed by atoms with Crippen molar-refractivity contribution in [3.63, 3.8) is 0 Å². The molecule has 0 aromatic heterocycles. The maximum absolute atomic E-state index is 13.5. The predicted octanol–water partition coefficient (Wildman–Crippen LogP) is 5.01. The summed E-state index contributed by atoms with van der Waals surface area (Å²) in [5.74, 6) is -2.28. The number of hydrogen-bond donors (Lipinski definition) is 3. The fraction of sp³-hybridized carbons (Fsp3) is 0.438. The number of aliphatic carboxylic acids is 1. The molecule has 4 aliphatic rings. The van der Waals surface area contributed by atoms with E-state index < -0.39 is 40.4 Å². The number of aliphatic hydroxyl groups is 1. The average molecular weight is 566 g/mol. The summed E-state index contributed by atoms with van der Waals surface area (Å²) in [6.45, 7) is 6.77. The van der Waals surface area contributed by atoms with Crippen LogP contribution in [0.5, 0.6) is 0 Å². The van der Waals surface area contributed by atoms with Crippen molar-refractivity contribution in [3.8, 4) is 12.8 Å². The molecule has 1 aliphatic heterocycles. The summed E-state index contributed by atoms with van der Waals surface area (Å²) in [6, 6.07) is 9.33. The summed E-state index contributed by atoms with van der Waals surface area (Å²) in [5.41, 5.74) is 1.31. The smallest absolute Gasteiger partial charge is 0.340 e. The molecule has 1 saturated carbocycles. The van der Waals surface area contributed by atoms with Crippen LogP contribution in [0.25, 0.3) is 0 Å². The highest BCUT2D eigenvalue weighted by Gasteiger charge is 2.60. The molecule has 5 rings (SSSR count). The van der Waals surface area contributed by atoms with E-state index in [-0.39, 0.29) is 17.3 Å². The fourth-order valence-corrected chi connectivity index (χ4v) is 6.17. The monoisotopic (exact) mass is 565 g/mol. The van der Waals surface area contributed by atoms with Crippen LogP contribution in [0.15, 0.2) is 64.6 Å². The van der Waals surface area contributed by atoms with Gasteiger partial charge in [0.05, 0.1) is 11.0 Å². The lowest BCUT2D eigenvalue weighted by molar-refractivity contribution is -0.150. The number of aliphatic hydroxyl groups excluding tert-OH is 1. The molecule has 1 saturated heterocycles. The molecular weight excluding hydrogens is 526 g/mol. The number of rotatable bonds is 2. The van der Waals surface area contributed by atoms with Gasteiger partial charge in [-0.3, -0.25) is 14.4 Å². The van der Waals surface area contributed by atoms with Gasteiger partial charge in [-0.25, -0.2) is 4.79 Å². The number of allylic oxidation sites excluding steroid dienone is 1. The van der Waals surface area contributed by atoms with Crippen molar-refractivity contribution in [2.75, 3.05) is 19.5 Å². The number of esters is 1. The van der Waals surface area contributed by atoms with Gasteiger partial charge in [-0.05, 0) is 50.8 Å². The van der Waals surface area contributed by atoms with Crippen LogP contribution in [-0.4, -0.2) is 54.0 Å². The summed E-state index contributed by atoms with van der Waals surface area (Å²) >= 11 is 0. The molecule has 3 unspecified atom stereocenters. The first-order chi connectivity index (χ1) is 19.3. The van der Waals surface area contributed by atoms with E-state index in [4.69, 9.17) is 14.6 Å². The number of nitrogens with one attached hydrogen (secondary N) is 1. The molecule has 3 aliphatic carbocycles. The maximum atomic E-state index is 13.5. The Labute approximate surface area is 241 Å². The number of anilines is 1. The Morgan fingerprint density at radius 1 is 1.12 bits per heavy atom. The predicted molar refractivity (Wildman–Crippen MR) is 155 cm³/mol. The van der Waals surface area contributed by atoms with Crippen LogP contribution >= 0.6 is 0 Å². The Morgan fingerprint density at radius 2 is 1.68 bits per heavy atom. The number of cyclic esters (lactones) is 1. The van der Waals surface area contributed by atoms with E-state index in [0.717, 1.165) is 18.2 Å². The number of benzene rings is 1. The first-order valence-electron chi connectivity index (χ1n) is 13.3. The third kappa shape index (κ3) is 6.13. The quantitative estimate of drug-likeness (QED) is 0.257. The number of terminal acetylenes is 1. The third-order valence-corrected chi connectivity index (χ3v) is 8.22. The summed E-state index contributed by atoms with van der Waals surface area (Å²) in [4.78, 5) is 48.0. The number of carbonyl (C=O) groups excluding carboxylic acids is 3. The van der Waals surface area contributed by atoms with Gasteiger partial charge in [0.25, 0.3) is 5.97 Å². The molecule has 1 aromatic rings. The number of fused-ring (bicyclic) bond motifs is 4. The number of carboxylic acids is 1. The number of carbonyl (C=O) groups is 4. The van der Waals surface area contributed by atoms with Crippen molar-refractivity contribution in [2.45, 2.75) is 59.5 Å². The molecule has 2 fully saturated rings. The number of Topliss-reactive ketones (excluding diaryl/α,β-unsaturated/α-hetero) is 2. The zero-order valence-electron chi connectivity index (χ0n) is 24.4. The van der Waals surface area contributed by atoms with Crippen molar-refractivity contribution in [1.82, 2.24) is 0 Å². The van der Waals surface area contributed by atoms with Gasteiger partial charge in [0.2, 0.25) is 5.78 Å². The minimum absolute atomic E-state index is 0.155. The molecular formula is C32H39NO8. The van der Waals surface area contributed by atoms with Gasteiger partial charge in [0.15, 0.2) is 5.76 Å². The number of ether oxygens (including phenoxy) is 2. The van der Waals surface area contributed by atoms with Crippen LogP contribution in [0.1, 0.15) is 53.4 Å². The zero-order chi connectivity index (χ0) is 31.1. The van der Waals surface area contributed by atoms with E-state index in [2.05, 4.69) is 22.9 Å². The van der Waals surface area contributed by atoms with Gasteiger partial charge < -0.3 is 25.0 Å². The van der Waals surface area contributed by atoms with E-state index in [1.54, 1.807) is 21.1 Å². The zero-order valence-corrected chi connectivity index (χ0v) is 24.4. The first kappa shape index (κ1) is 33.0. The number of hydrogen-bond acceptors (Lipinski definition) is 8. The van der Waals surface area contributed by atoms with Crippen LogP contribution in [0, 0.1) is 29.6 Å². The third-order valence-electron chi connectivity index (χ3n) is 8.22. The van der Waals surface area contributed by atoms with Crippen LogP contribution in [0.2, 0.25) is 0 Å². The normalized spacial score (nSPS) is 28.8. The van der Waals surface area contributed by atoms with Crippen LogP contribution in [0.4, 0.5) is 5.69 Å². The summed E-state index contributed by atoms with van der Waals surface area (Å²) in [5, 5.41) is 21.7. The van der Waals surface area contributed by atoms with Gasteiger partial charge >= 0.3 is 5.97 Å². The highest BCUT2D eigenvalue weighted by molar-refractivity contribution is 6.13. The molecule has 4 atom stereocenters. The molecule has 3 N–H and O–H groups in total. The van der Waals surface area contributed by atoms with Gasteiger partial charge in [0.1, 0.15) is 11.9 Å². The lowest BCUT2D eigenvalue weighted by Gasteiger charge is -2.50. The molecule has 41 heavy (non-hydrogen) atoms. The van der Waals surface area contributed by atoms with Crippen molar-refractivity contribution in [2.24, 2.45) is 16.7 Å². The van der Waals surface area contributed by atoms with Crippen molar-refractivity contribution in [1.29, 1.82) is 0 Å². The molecule has 0 amide bonds. The Morgan fingerprint density at radius 3 is 2.24 bits per heavy atom. The number of para-hydroxylation sites is 1. The van der Waals surface area contributed by atoms with Crippen LogP contribution in [0.3, 0.4) is 0 Å². The lowest BCUT2D eigenvalue weighted by atomic mass is 9.54. The minimum Gasteiger partial charge on any atom is -0.504 e. The largest absolute Gasteiger partial charge is 0.504 e. The summed E-state index contributed by atoms with van der Waals surface area (Å²) in [6.07, 6.45) is 11.3.